The Morgan fingerprint density at radius 3 is 1.66 bits per heavy atom. The highest BCUT2D eigenvalue weighted by Crippen LogP contribution is 2.69. The lowest BCUT2D eigenvalue weighted by molar-refractivity contribution is -0.121. The molecule has 4 aromatic carbocycles. The molecule has 0 saturated heterocycles. The van der Waals surface area contributed by atoms with Crippen molar-refractivity contribution in [3.63, 3.8) is 0 Å². The molecular weight excluding hydrogens is 964 g/mol. The maximum Gasteiger partial charge on any atom is 0.339 e. The van der Waals surface area contributed by atoms with Crippen molar-refractivity contribution in [3.8, 4) is 11.5 Å². The Balaban J connectivity index is 1.03. The van der Waals surface area contributed by atoms with Gasteiger partial charge in [-0.15, -0.1) is 0 Å². The Labute approximate surface area is 440 Å². The topological polar surface area (TPSA) is 168 Å². The van der Waals surface area contributed by atoms with Gasteiger partial charge in [0.1, 0.15) is 24.3 Å². The smallest absolute Gasteiger partial charge is 0.339 e. The van der Waals surface area contributed by atoms with Gasteiger partial charge in [-0.1, -0.05) is 107 Å². The summed E-state index contributed by atoms with van der Waals surface area (Å²) in [6.07, 6.45) is 19.3. The molecule has 4 aliphatic rings. The zero-order valence-electron chi connectivity index (χ0n) is 42.9. The lowest BCUT2D eigenvalue weighted by Crippen LogP contribution is -2.53. The number of hydrogen-bond acceptors (Lipinski definition) is 6. The monoisotopic (exact) mass is 1030 g/mol. The second-order valence-electron chi connectivity index (χ2n) is 22.9. The van der Waals surface area contributed by atoms with Gasteiger partial charge in [-0.25, -0.2) is 19.2 Å². The van der Waals surface area contributed by atoms with Crippen LogP contribution in [-0.4, -0.2) is 44.3 Å². The van der Waals surface area contributed by atoms with Crippen molar-refractivity contribution in [1.82, 2.24) is 0 Å². The molecule has 0 aliphatic heterocycles. The lowest BCUT2D eigenvalue weighted by Gasteiger charge is -2.61. The number of aromatic carboxylic acids is 4. The lowest BCUT2D eigenvalue weighted by atomic mass is 9.44. The number of halogens is 2. The average Bonchev–Trinajstić information content (AvgIpc) is 3.71. The van der Waals surface area contributed by atoms with Gasteiger partial charge in [0.15, 0.2) is 11.5 Å². The Hall–Kier alpha value is -5.32. The summed E-state index contributed by atoms with van der Waals surface area (Å²) in [6.45, 7) is 12.4. The molecule has 8 rings (SSSR count). The van der Waals surface area contributed by atoms with Crippen LogP contribution in [0.2, 0.25) is 10.0 Å². The van der Waals surface area contributed by atoms with Crippen LogP contribution < -0.4 is 9.47 Å². The SMILES string of the molecule is CC(C)CCCC(C)[C@H]1CC[C@@H]2[C@H]3CC[C@H]4C[C@@H](CCC=C(c5cc(Cl)c(OCc6ccc(C(=O)O)cc6)c(C(=O)O)c5)c5cc(Cl)c(OCc6ccc(C(=O)O)cc6)c(C(=O)O)c5)CC[C@]4(C)[C@@H]3CC[C@]12C. The molecule has 0 bridgehead atoms. The van der Waals surface area contributed by atoms with Gasteiger partial charge >= 0.3 is 23.9 Å². The van der Waals surface area contributed by atoms with E-state index in [1.807, 2.05) is 6.08 Å². The largest absolute Gasteiger partial charge is 0.486 e. The van der Waals surface area contributed by atoms with Crippen molar-refractivity contribution < 1.29 is 49.1 Å². The van der Waals surface area contributed by atoms with Crippen molar-refractivity contribution >= 4 is 52.7 Å². The van der Waals surface area contributed by atoms with Crippen molar-refractivity contribution in [3.05, 3.63) is 133 Å². The van der Waals surface area contributed by atoms with E-state index < -0.39 is 23.9 Å². The first-order valence-electron chi connectivity index (χ1n) is 26.5. The van der Waals surface area contributed by atoms with Gasteiger partial charge in [-0.3, -0.25) is 0 Å². The van der Waals surface area contributed by atoms with Crippen LogP contribution in [-0.2, 0) is 13.2 Å². The summed E-state index contributed by atoms with van der Waals surface area (Å²) in [5, 5.41) is 39.8. The van der Waals surface area contributed by atoms with Gasteiger partial charge in [-0.2, -0.15) is 0 Å². The van der Waals surface area contributed by atoms with E-state index in [4.69, 9.17) is 32.7 Å². The second kappa shape index (κ2) is 22.7. The van der Waals surface area contributed by atoms with Crippen LogP contribution >= 0.6 is 23.2 Å². The second-order valence-corrected chi connectivity index (χ2v) is 23.7. The molecule has 0 spiro atoms. The third-order valence-electron chi connectivity index (χ3n) is 18.2. The normalized spacial score (nSPS) is 25.7. The average molecular weight is 1040 g/mol. The molecule has 0 radical (unpaired) electrons. The predicted octanol–water partition coefficient (Wildman–Crippen LogP) is 15.9. The van der Waals surface area contributed by atoms with Crippen LogP contribution in [0.15, 0.2) is 78.9 Å². The van der Waals surface area contributed by atoms with Crippen LogP contribution in [0.4, 0.5) is 0 Å². The highest BCUT2D eigenvalue weighted by atomic mass is 35.5. The van der Waals surface area contributed by atoms with Crippen molar-refractivity contribution in [2.45, 2.75) is 138 Å². The van der Waals surface area contributed by atoms with E-state index in [1.165, 1.54) is 107 Å². The van der Waals surface area contributed by atoms with Crippen molar-refractivity contribution in [1.29, 1.82) is 0 Å². The van der Waals surface area contributed by atoms with E-state index in [0.29, 0.717) is 56.9 Å². The minimum atomic E-state index is -1.29. The zero-order chi connectivity index (χ0) is 52.4. The molecule has 12 heteroatoms. The highest BCUT2D eigenvalue weighted by Gasteiger charge is 2.60. The van der Waals surface area contributed by atoms with Crippen LogP contribution in [0.1, 0.15) is 188 Å². The summed E-state index contributed by atoms with van der Waals surface area (Å²) in [7, 11) is 0. The first-order valence-corrected chi connectivity index (χ1v) is 27.3. The van der Waals surface area contributed by atoms with E-state index in [-0.39, 0.29) is 57.0 Å². The molecule has 4 N–H and O–H groups in total. The van der Waals surface area contributed by atoms with Gasteiger partial charge < -0.3 is 29.9 Å². The number of carbonyl (C=O) groups is 4. The standard InChI is InChI=1S/C61H72Cl2O10/c1-35(2)8-6-9-36(3)49-22-23-50-46-21-20-44-28-37(24-26-60(44,4)51(46)25-27-61(49,50)5)10-7-11-45(42-29-47(58(68)69)54(52(62)31-42)72-33-38-12-16-40(17-13-38)56(64)65)43-30-48(59(70)71)55(53(63)32-43)73-34-39-14-18-41(19-15-39)57(66)67/h11-19,29-32,35-37,44,46,49-51H,6-10,20-28,33-34H2,1-5H3,(H,64,65)(H,66,67)(H,68,69)(H,70,71)/t36?,37-,44-,46+,49+,50+,51+,60-,61+/m0/s1. The predicted molar refractivity (Wildman–Crippen MR) is 285 cm³/mol. The molecule has 4 aromatic rings. The van der Waals surface area contributed by atoms with E-state index >= 15 is 0 Å². The Morgan fingerprint density at radius 1 is 0.630 bits per heavy atom. The summed E-state index contributed by atoms with van der Waals surface area (Å²) in [4.78, 5) is 48.7. The number of carboxylic acids is 4. The molecule has 4 fully saturated rings. The number of rotatable bonds is 20. The number of benzene rings is 4. The highest BCUT2D eigenvalue weighted by molar-refractivity contribution is 6.33. The molecule has 0 amide bonds. The number of carboxylic acid groups (broad SMARTS) is 4. The third-order valence-corrected chi connectivity index (χ3v) is 18.8. The molecule has 390 valence electrons. The van der Waals surface area contributed by atoms with E-state index in [2.05, 4.69) is 34.6 Å². The molecule has 1 unspecified atom stereocenters. The fraction of sp³-hybridized carbons (Fsp3) is 0.508. The third kappa shape index (κ3) is 11.7. The Morgan fingerprint density at radius 2 is 1.15 bits per heavy atom. The number of ether oxygens (including phenoxy) is 2. The minimum Gasteiger partial charge on any atom is -0.486 e. The van der Waals surface area contributed by atoms with Crippen LogP contribution in [0.3, 0.4) is 0 Å². The Bertz CT molecular complexity index is 2580. The molecule has 0 heterocycles. The quantitative estimate of drug-likeness (QED) is 0.0669. The van der Waals surface area contributed by atoms with E-state index in [0.717, 1.165) is 48.3 Å². The summed E-state index contributed by atoms with van der Waals surface area (Å²) < 4.78 is 12.0. The number of hydrogen-bond donors (Lipinski definition) is 4. The van der Waals surface area contributed by atoms with E-state index in [1.54, 1.807) is 36.4 Å². The van der Waals surface area contributed by atoms with Crippen LogP contribution in [0.25, 0.3) is 5.57 Å². The Kier molecular flexibility index (Phi) is 16.7. The zero-order valence-corrected chi connectivity index (χ0v) is 44.4. The summed E-state index contributed by atoms with van der Waals surface area (Å²) in [5.41, 5.74) is 3.22. The van der Waals surface area contributed by atoms with Crippen molar-refractivity contribution in [2.24, 2.45) is 58.2 Å². The minimum absolute atomic E-state index is 0.0239. The maximum absolute atomic E-state index is 12.9. The molecule has 4 saturated carbocycles. The molecule has 73 heavy (non-hydrogen) atoms. The van der Waals surface area contributed by atoms with Gasteiger partial charge in [0.2, 0.25) is 0 Å². The van der Waals surface area contributed by atoms with E-state index in [9.17, 15) is 39.6 Å². The van der Waals surface area contributed by atoms with Gasteiger partial charge in [0, 0.05) is 0 Å². The fourth-order valence-electron chi connectivity index (χ4n) is 14.4. The summed E-state index contributed by atoms with van der Waals surface area (Å²) in [6, 6.07) is 18.3. The fourth-order valence-corrected chi connectivity index (χ4v) is 15.0. The maximum atomic E-state index is 12.9. The summed E-state index contributed by atoms with van der Waals surface area (Å²) in [5.74, 6) is 1.18. The van der Waals surface area contributed by atoms with Crippen LogP contribution in [0, 0.1) is 58.2 Å². The molecule has 0 aromatic heterocycles. The van der Waals surface area contributed by atoms with Gasteiger partial charge in [0.25, 0.3) is 0 Å². The molecular formula is C61H72Cl2O10. The van der Waals surface area contributed by atoms with Gasteiger partial charge in [-0.05, 0) is 205 Å². The first-order chi connectivity index (χ1) is 34.8. The van der Waals surface area contributed by atoms with Crippen molar-refractivity contribution in [2.75, 3.05) is 0 Å². The molecule has 9 atom stereocenters. The van der Waals surface area contributed by atoms with Crippen LogP contribution in [0.5, 0.6) is 11.5 Å². The number of allylic oxidation sites excluding steroid dienone is 1. The number of fused-ring (bicyclic) bond motifs is 5. The molecule has 4 aliphatic carbocycles. The summed E-state index contributed by atoms with van der Waals surface area (Å²) >= 11 is 13.8. The van der Waals surface area contributed by atoms with Gasteiger partial charge in [0.05, 0.1) is 21.2 Å². The molecule has 10 nitrogen and oxygen atoms in total. The first kappa shape index (κ1) is 54.0.